The van der Waals surface area contributed by atoms with Gasteiger partial charge in [-0.05, 0) is 42.9 Å². The van der Waals surface area contributed by atoms with E-state index in [1.165, 1.54) is 5.56 Å². The van der Waals surface area contributed by atoms with Crippen LogP contribution in [0.2, 0.25) is 0 Å². The van der Waals surface area contributed by atoms with Crippen molar-refractivity contribution in [2.45, 2.75) is 19.3 Å². The van der Waals surface area contributed by atoms with E-state index in [2.05, 4.69) is 40.6 Å². The molecule has 0 saturated carbocycles. The molecule has 0 radical (unpaired) electrons. The van der Waals surface area contributed by atoms with Gasteiger partial charge in [0.15, 0.2) is 0 Å². The molecule has 0 spiro atoms. The minimum absolute atomic E-state index is 0.0264. The quantitative estimate of drug-likeness (QED) is 0.777. The van der Waals surface area contributed by atoms with Gasteiger partial charge < -0.3 is 15.0 Å². The van der Waals surface area contributed by atoms with Gasteiger partial charge in [0, 0.05) is 38.6 Å². The molecule has 1 fully saturated rings. The number of likely N-dealkylation sites (tertiary alicyclic amines) is 1. The van der Waals surface area contributed by atoms with Crippen LogP contribution in [0.15, 0.2) is 48.7 Å². The molecule has 0 atom stereocenters. The molecule has 2 aromatic rings. The normalized spacial score (nSPS) is 15.0. The highest BCUT2D eigenvalue weighted by Gasteiger charge is 2.24. The fraction of sp³-hybridized carbons (Fsp3) is 0.429. The van der Waals surface area contributed by atoms with Gasteiger partial charge in [-0.1, -0.05) is 30.3 Å². The molecular formula is C21H27N3O2. The molecule has 0 aliphatic carbocycles. The van der Waals surface area contributed by atoms with Crippen molar-refractivity contribution in [3.05, 3.63) is 59.9 Å². The van der Waals surface area contributed by atoms with Gasteiger partial charge in [0.05, 0.1) is 6.61 Å². The summed E-state index contributed by atoms with van der Waals surface area (Å²) < 4.78 is 5.04. The summed E-state index contributed by atoms with van der Waals surface area (Å²) in [5.41, 5.74) is 2.79. The van der Waals surface area contributed by atoms with E-state index in [1.54, 1.807) is 13.3 Å². The Morgan fingerprint density at radius 2 is 2.00 bits per heavy atom. The van der Waals surface area contributed by atoms with E-state index in [0.717, 1.165) is 38.0 Å². The minimum Gasteiger partial charge on any atom is -0.383 e. The van der Waals surface area contributed by atoms with Crippen LogP contribution in [0.4, 0.5) is 5.69 Å². The number of methoxy groups -OCH3 is 1. The second kappa shape index (κ2) is 9.34. The van der Waals surface area contributed by atoms with Crippen LogP contribution in [0, 0.1) is 5.92 Å². The third-order valence-electron chi connectivity index (χ3n) is 4.88. The molecule has 3 rings (SSSR count). The molecule has 1 saturated heterocycles. The fourth-order valence-corrected chi connectivity index (χ4v) is 3.40. The number of ether oxygens (including phenoxy) is 1. The van der Waals surface area contributed by atoms with Crippen LogP contribution in [0.25, 0.3) is 0 Å². The van der Waals surface area contributed by atoms with Gasteiger partial charge in [-0.15, -0.1) is 0 Å². The number of carbonyl (C=O) groups is 1. The standard InChI is InChI=1S/C21H27N3O2/c1-26-14-11-22-19-7-10-23-20(16-19)21(25)24-12-8-18(9-13-24)15-17-5-3-2-4-6-17/h2-7,10,16,18H,8-9,11-15H2,1H3,(H,22,23). The van der Waals surface area contributed by atoms with Crippen LogP contribution in [0.1, 0.15) is 28.9 Å². The topological polar surface area (TPSA) is 54.5 Å². The molecule has 1 aromatic carbocycles. The summed E-state index contributed by atoms with van der Waals surface area (Å²) in [6.07, 6.45) is 4.88. The largest absolute Gasteiger partial charge is 0.383 e. The van der Waals surface area contributed by atoms with E-state index in [-0.39, 0.29) is 5.91 Å². The van der Waals surface area contributed by atoms with Crippen molar-refractivity contribution in [3.63, 3.8) is 0 Å². The average Bonchev–Trinajstić information content (AvgIpc) is 2.69. The molecule has 1 aromatic heterocycles. The number of carbonyl (C=O) groups excluding carboxylic acids is 1. The Hall–Kier alpha value is -2.40. The predicted octanol–water partition coefficient (Wildman–Crippen LogP) is 3.23. The lowest BCUT2D eigenvalue weighted by atomic mass is 9.90. The molecule has 1 aliphatic heterocycles. The van der Waals surface area contributed by atoms with Crippen molar-refractivity contribution >= 4 is 11.6 Å². The SMILES string of the molecule is COCCNc1ccnc(C(=O)N2CCC(Cc3ccccc3)CC2)c1. The number of nitrogens with zero attached hydrogens (tertiary/aromatic N) is 2. The van der Waals surface area contributed by atoms with Gasteiger partial charge in [-0.3, -0.25) is 9.78 Å². The number of hydrogen-bond acceptors (Lipinski definition) is 4. The third-order valence-corrected chi connectivity index (χ3v) is 4.88. The van der Waals surface area contributed by atoms with Gasteiger partial charge in [-0.2, -0.15) is 0 Å². The summed E-state index contributed by atoms with van der Waals surface area (Å²) in [6, 6.07) is 14.3. The molecule has 138 valence electrons. The first-order valence-electron chi connectivity index (χ1n) is 9.28. The van der Waals surface area contributed by atoms with Crippen molar-refractivity contribution in [2.75, 3.05) is 38.7 Å². The fourth-order valence-electron chi connectivity index (χ4n) is 3.40. The number of anilines is 1. The highest BCUT2D eigenvalue weighted by atomic mass is 16.5. The Kier molecular flexibility index (Phi) is 6.61. The summed E-state index contributed by atoms with van der Waals surface area (Å²) >= 11 is 0. The van der Waals surface area contributed by atoms with Crippen LogP contribution in [-0.4, -0.2) is 49.1 Å². The summed E-state index contributed by atoms with van der Waals surface area (Å²) in [5.74, 6) is 0.676. The molecule has 0 bridgehead atoms. The number of piperidine rings is 1. The Labute approximate surface area is 155 Å². The zero-order valence-electron chi connectivity index (χ0n) is 15.4. The number of amides is 1. The summed E-state index contributed by atoms with van der Waals surface area (Å²) in [5, 5.41) is 3.24. The maximum atomic E-state index is 12.8. The smallest absolute Gasteiger partial charge is 0.272 e. The Bertz CT molecular complexity index is 697. The summed E-state index contributed by atoms with van der Waals surface area (Å²) in [6.45, 7) is 2.94. The van der Waals surface area contributed by atoms with E-state index in [4.69, 9.17) is 4.74 Å². The maximum Gasteiger partial charge on any atom is 0.272 e. The second-order valence-electron chi connectivity index (χ2n) is 6.77. The predicted molar refractivity (Wildman–Crippen MR) is 103 cm³/mol. The van der Waals surface area contributed by atoms with E-state index in [9.17, 15) is 4.79 Å². The number of hydrogen-bond donors (Lipinski definition) is 1. The van der Waals surface area contributed by atoms with Crippen molar-refractivity contribution in [3.8, 4) is 0 Å². The molecule has 2 heterocycles. The first kappa shape index (κ1) is 18.4. The Morgan fingerprint density at radius 3 is 2.73 bits per heavy atom. The molecular weight excluding hydrogens is 326 g/mol. The van der Waals surface area contributed by atoms with Crippen LogP contribution >= 0.6 is 0 Å². The molecule has 1 amide bonds. The van der Waals surface area contributed by atoms with Gasteiger partial charge in [0.1, 0.15) is 5.69 Å². The lowest BCUT2D eigenvalue weighted by molar-refractivity contribution is 0.0684. The van der Waals surface area contributed by atoms with Crippen molar-refractivity contribution in [1.82, 2.24) is 9.88 Å². The number of benzene rings is 1. The van der Waals surface area contributed by atoms with Gasteiger partial charge >= 0.3 is 0 Å². The number of pyridine rings is 1. The second-order valence-corrected chi connectivity index (χ2v) is 6.77. The number of rotatable bonds is 7. The van der Waals surface area contributed by atoms with Crippen LogP contribution in [0.3, 0.4) is 0 Å². The van der Waals surface area contributed by atoms with E-state index in [1.807, 2.05) is 17.0 Å². The zero-order chi connectivity index (χ0) is 18.2. The maximum absolute atomic E-state index is 12.8. The minimum atomic E-state index is 0.0264. The molecule has 0 unspecified atom stereocenters. The molecule has 1 aliphatic rings. The highest BCUT2D eigenvalue weighted by molar-refractivity contribution is 5.93. The van der Waals surface area contributed by atoms with Crippen molar-refractivity contribution in [2.24, 2.45) is 5.92 Å². The van der Waals surface area contributed by atoms with Gasteiger partial charge in [0.25, 0.3) is 5.91 Å². The van der Waals surface area contributed by atoms with Crippen LogP contribution < -0.4 is 5.32 Å². The van der Waals surface area contributed by atoms with Crippen molar-refractivity contribution < 1.29 is 9.53 Å². The lowest BCUT2D eigenvalue weighted by Crippen LogP contribution is -2.39. The average molecular weight is 353 g/mol. The third kappa shape index (κ3) is 5.05. The summed E-state index contributed by atoms with van der Waals surface area (Å²) in [7, 11) is 1.67. The lowest BCUT2D eigenvalue weighted by Gasteiger charge is -2.32. The van der Waals surface area contributed by atoms with E-state index in [0.29, 0.717) is 24.8 Å². The zero-order valence-corrected chi connectivity index (χ0v) is 15.4. The molecule has 1 N–H and O–H groups in total. The van der Waals surface area contributed by atoms with Gasteiger partial charge in [-0.25, -0.2) is 0 Å². The first-order valence-corrected chi connectivity index (χ1v) is 9.28. The van der Waals surface area contributed by atoms with Crippen molar-refractivity contribution in [1.29, 1.82) is 0 Å². The van der Waals surface area contributed by atoms with Gasteiger partial charge in [0.2, 0.25) is 0 Å². The highest BCUT2D eigenvalue weighted by Crippen LogP contribution is 2.23. The number of nitrogens with one attached hydrogen (secondary N) is 1. The Morgan fingerprint density at radius 1 is 1.23 bits per heavy atom. The molecule has 26 heavy (non-hydrogen) atoms. The monoisotopic (exact) mass is 353 g/mol. The van der Waals surface area contributed by atoms with Crippen LogP contribution in [0.5, 0.6) is 0 Å². The van der Waals surface area contributed by atoms with Crippen LogP contribution in [-0.2, 0) is 11.2 Å². The summed E-state index contributed by atoms with van der Waals surface area (Å²) in [4.78, 5) is 19.0. The number of aromatic nitrogens is 1. The Balaban J connectivity index is 1.52. The molecule has 5 nitrogen and oxygen atoms in total. The molecule has 5 heteroatoms. The van der Waals surface area contributed by atoms with E-state index >= 15 is 0 Å². The van der Waals surface area contributed by atoms with E-state index < -0.39 is 0 Å². The first-order chi connectivity index (χ1) is 12.8.